The van der Waals surface area contributed by atoms with E-state index in [1.807, 2.05) is 17.8 Å². The Morgan fingerprint density at radius 1 is 1.16 bits per heavy atom. The molecule has 96 valence electrons. The van der Waals surface area contributed by atoms with Gasteiger partial charge in [-0.15, -0.1) is 0 Å². The van der Waals surface area contributed by atoms with E-state index in [0.29, 0.717) is 5.92 Å². The maximum atomic E-state index is 4.55. The zero-order valence-electron chi connectivity index (χ0n) is 11.3. The van der Waals surface area contributed by atoms with E-state index < -0.39 is 0 Å². The van der Waals surface area contributed by atoms with Crippen molar-refractivity contribution >= 4 is 10.9 Å². The average Bonchev–Trinajstić information content (AvgIpc) is 2.74. The van der Waals surface area contributed by atoms with Crippen molar-refractivity contribution < 1.29 is 0 Å². The molecule has 0 N–H and O–H groups in total. The Bertz CT molecular complexity index is 714. The lowest BCUT2D eigenvalue weighted by Crippen LogP contribution is -1.99. The van der Waals surface area contributed by atoms with Gasteiger partial charge in [0.2, 0.25) is 0 Å². The number of benzene rings is 1. The molecular weight excluding hydrogens is 236 g/mol. The molecule has 3 aromatic rings. The van der Waals surface area contributed by atoms with E-state index in [-0.39, 0.29) is 0 Å². The largest absolute Gasteiger partial charge is 0.271 e. The lowest BCUT2D eigenvalue weighted by molar-refractivity contribution is 0.677. The summed E-state index contributed by atoms with van der Waals surface area (Å²) >= 11 is 0. The average molecular weight is 252 g/mol. The minimum Gasteiger partial charge on any atom is -0.271 e. The van der Waals surface area contributed by atoms with Crippen LogP contribution in [0.5, 0.6) is 0 Å². The zero-order chi connectivity index (χ0) is 13.4. The number of aromatic nitrogens is 4. The van der Waals surface area contributed by atoms with Gasteiger partial charge in [0.15, 0.2) is 0 Å². The molecule has 0 aliphatic carbocycles. The van der Waals surface area contributed by atoms with Crippen molar-refractivity contribution in [2.75, 3.05) is 0 Å². The molecule has 0 bridgehead atoms. The molecule has 0 aliphatic heterocycles. The van der Waals surface area contributed by atoms with Gasteiger partial charge in [-0.2, -0.15) is 5.10 Å². The van der Waals surface area contributed by atoms with Crippen LogP contribution in [0.25, 0.3) is 22.2 Å². The number of fused-ring (bicyclic) bond motifs is 1. The van der Waals surface area contributed by atoms with E-state index in [2.05, 4.69) is 47.1 Å². The van der Waals surface area contributed by atoms with Crippen LogP contribution in [0, 0.1) is 0 Å². The summed E-state index contributed by atoms with van der Waals surface area (Å²) in [5.41, 5.74) is 4.33. The summed E-state index contributed by atoms with van der Waals surface area (Å²) in [5.74, 6) is 0.440. The van der Waals surface area contributed by atoms with Gasteiger partial charge in [-0.25, -0.2) is 9.97 Å². The van der Waals surface area contributed by atoms with Crippen LogP contribution in [0.2, 0.25) is 0 Å². The summed E-state index contributed by atoms with van der Waals surface area (Å²) in [6.45, 7) is 4.38. The molecule has 2 heterocycles. The molecule has 4 heteroatoms. The first-order chi connectivity index (χ1) is 9.16. The van der Waals surface area contributed by atoms with Crippen LogP contribution in [0.1, 0.15) is 25.5 Å². The summed E-state index contributed by atoms with van der Waals surface area (Å²) in [6.07, 6.45) is 3.34. The molecule has 0 radical (unpaired) electrons. The van der Waals surface area contributed by atoms with Crippen molar-refractivity contribution in [1.29, 1.82) is 0 Å². The second-order valence-corrected chi connectivity index (χ2v) is 4.99. The fraction of sp³-hybridized carbons (Fsp3) is 0.267. The van der Waals surface area contributed by atoms with Gasteiger partial charge in [0.05, 0.1) is 11.2 Å². The summed E-state index contributed by atoms with van der Waals surface area (Å²) in [6, 6.07) is 8.20. The van der Waals surface area contributed by atoms with Crippen molar-refractivity contribution in [2.45, 2.75) is 19.8 Å². The standard InChI is InChI=1S/C15H16N4/c1-10(2)15-12-8-11(13-6-7-16-9-17-13)4-5-14(12)18-19(15)3/h4-10H,1-3H3. The maximum absolute atomic E-state index is 4.55. The summed E-state index contributed by atoms with van der Waals surface area (Å²) in [4.78, 5) is 8.25. The molecule has 2 aromatic heterocycles. The van der Waals surface area contributed by atoms with Crippen LogP contribution in [-0.4, -0.2) is 19.7 Å². The Balaban J connectivity index is 2.23. The van der Waals surface area contributed by atoms with Crippen molar-refractivity contribution in [2.24, 2.45) is 7.05 Å². The van der Waals surface area contributed by atoms with E-state index in [4.69, 9.17) is 0 Å². The SMILES string of the molecule is CC(C)c1c2cc(-c3ccncn3)ccc2nn1C. The number of aryl methyl sites for hydroxylation is 1. The van der Waals surface area contributed by atoms with Crippen molar-refractivity contribution in [3.05, 3.63) is 42.5 Å². The van der Waals surface area contributed by atoms with E-state index >= 15 is 0 Å². The smallest absolute Gasteiger partial charge is 0.116 e. The second-order valence-electron chi connectivity index (χ2n) is 4.99. The van der Waals surface area contributed by atoms with Crippen molar-refractivity contribution in [3.63, 3.8) is 0 Å². The maximum Gasteiger partial charge on any atom is 0.116 e. The number of rotatable bonds is 2. The van der Waals surface area contributed by atoms with Crippen LogP contribution >= 0.6 is 0 Å². The molecule has 3 rings (SSSR count). The minimum absolute atomic E-state index is 0.440. The Hall–Kier alpha value is -2.23. The molecule has 0 aliphatic rings. The lowest BCUT2D eigenvalue weighted by atomic mass is 10.0. The zero-order valence-corrected chi connectivity index (χ0v) is 11.3. The first-order valence-electron chi connectivity index (χ1n) is 6.40. The molecular formula is C15H16N4. The normalized spacial score (nSPS) is 11.4. The summed E-state index contributed by atoms with van der Waals surface area (Å²) in [7, 11) is 2.00. The topological polar surface area (TPSA) is 43.6 Å². The molecule has 4 nitrogen and oxygen atoms in total. The Morgan fingerprint density at radius 3 is 2.68 bits per heavy atom. The van der Waals surface area contributed by atoms with Crippen LogP contribution in [-0.2, 0) is 7.05 Å². The lowest BCUT2D eigenvalue weighted by Gasteiger charge is -2.06. The highest BCUT2D eigenvalue weighted by atomic mass is 15.3. The molecule has 0 atom stereocenters. The molecule has 0 saturated heterocycles. The van der Waals surface area contributed by atoms with E-state index in [9.17, 15) is 0 Å². The van der Waals surface area contributed by atoms with Crippen molar-refractivity contribution in [3.8, 4) is 11.3 Å². The minimum atomic E-state index is 0.440. The number of hydrogen-bond acceptors (Lipinski definition) is 3. The third kappa shape index (κ3) is 1.99. The Kier molecular flexibility index (Phi) is 2.78. The van der Waals surface area contributed by atoms with Gasteiger partial charge in [0, 0.05) is 29.9 Å². The van der Waals surface area contributed by atoms with Crippen LogP contribution in [0.15, 0.2) is 36.8 Å². The quantitative estimate of drug-likeness (QED) is 0.703. The van der Waals surface area contributed by atoms with Crippen LogP contribution < -0.4 is 0 Å². The fourth-order valence-electron chi connectivity index (χ4n) is 2.52. The van der Waals surface area contributed by atoms with Gasteiger partial charge in [0.25, 0.3) is 0 Å². The van der Waals surface area contributed by atoms with Gasteiger partial charge in [0.1, 0.15) is 6.33 Å². The summed E-state index contributed by atoms with van der Waals surface area (Å²) < 4.78 is 1.97. The first kappa shape index (κ1) is 11.8. The molecule has 0 saturated carbocycles. The Morgan fingerprint density at radius 2 is 2.00 bits per heavy atom. The third-order valence-electron chi connectivity index (χ3n) is 3.30. The fourth-order valence-corrected chi connectivity index (χ4v) is 2.52. The van der Waals surface area contributed by atoms with Gasteiger partial charge in [-0.1, -0.05) is 19.9 Å². The highest BCUT2D eigenvalue weighted by Crippen LogP contribution is 2.28. The Labute approximate surface area is 112 Å². The van der Waals surface area contributed by atoms with Gasteiger partial charge in [-0.3, -0.25) is 4.68 Å². The number of nitrogens with zero attached hydrogens (tertiary/aromatic N) is 4. The molecule has 0 spiro atoms. The number of hydrogen-bond donors (Lipinski definition) is 0. The first-order valence-corrected chi connectivity index (χ1v) is 6.40. The van der Waals surface area contributed by atoms with E-state index in [1.165, 1.54) is 11.1 Å². The van der Waals surface area contributed by atoms with Crippen molar-refractivity contribution in [1.82, 2.24) is 19.7 Å². The summed E-state index contributed by atoms with van der Waals surface area (Å²) in [5, 5.41) is 5.76. The van der Waals surface area contributed by atoms with E-state index in [0.717, 1.165) is 16.8 Å². The molecule has 0 amide bonds. The van der Waals surface area contributed by atoms with E-state index in [1.54, 1.807) is 12.5 Å². The van der Waals surface area contributed by atoms with Gasteiger partial charge >= 0.3 is 0 Å². The molecule has 0 unspecified atom stereocenters. The molecule has 19 heavy (non-hydrogen) atoms. The van der Waals surface area contributed by atoms with Gasteiger partial charge in [-0.05, 0) is 24.1 Å². The highest BCUT2D eigenvalue weighted by molar-refractivity contribution is 5.86. The van der Waals surface area contributed by atoms with Crippen LogP contribution in [0.3, 0.4) is 0 Å². The van der Waals surface area contributed by atoms with Crippen LogP contribution in [0.4, 0.5) is 0 Å². The highest BCUT2D eigenvalue weighted by Gasteiger charge is 2.13. The molecule has 0 fully saturated rings. The van der Waals surface area contributed by atoms with Gasteiger partial charge < -0.3 is 0 Å². The predicted octanol–water partition coefficient (Wildman–Crippen LogP) is 3.15. The second kappa shape index (κ2) is 4.46. The monoisotopic (exact) mass is 252 g/mol. The predicted molar refractivity (Wildman–Crippen MR) is 75.8 cm³/mol. The molecule has 1 aromatic carbocycles. The third-order valence-corrected chi connectivity index (χ3v) is 3.30.